The molecule has 0 saturated heterocycles. The highest BCUT2D eigenvalue weighted by molar-refractivity contribution is 5.09. The molecule has 0 radical (unpaired) electrons. The molecule has 1 heterocycles. The summed E-state index contributed by atoms with van der Waals surface area (Å²) in [6, 6.07) is 0. The number of hydrogen-bond donors (Lipinski definition) is 1. The van der Waals surface area contributed by atoms with Crippen molar-refractivity contribution < 1.29 is 4.74 Å². The molecule has 1 N–H and O–H groups in total. The van der Waals surface area contributed by atoms with Crippen LogP contribution in [-0.4, -0.2) is 13.2 Å². The Morgan fingerprint density at radius 3 is 2.09 bits per heavy atom. The summed E-state index contributed by atoms with van der Waals surface area (Å²) < 4.78 is 5.96. The van der Waals surface area contributed by atoms with Crippen LogP contribution in [-0.2, 0) is 4.74 Å². The van der Waals surface area contributed by atoms with Gasteiger partial charge in [0.15, 0.2) is 0 Å². The number of hydrogen-bond acceptors (Lipinski definition) is 2. The van der Waals surface area contributed by atoms with Crippen LogP contribution in [0.1, 0.15) is 97.8 Å². The van der Waals surface area contributed by atoms with E-state index in [1.54, 1.807) is 0 Å². The van der Waals surface area contributed by atoms with E-state index in [2.05, 4.69) is 26.1 Å². The molecule has 2 nitrogen and oxygen atoms in total. The van der Waals surface area contributed by atoms with Crippen molar-refractivity contribution in [3.8, 4) is 0 Å². The first-order valence-corrected chi connectivity index (χ1v) is 9.87. The number of unbranched alkanes of at least 4 members (excludes halogenated alkanes) is 8. The Morgan fingerprint density at radius 2 is 1.50 bits per heavy atom. The highest BCUT2D eigenvalue weighted by Gasteiger charge is 2.20. The Bertz CT molecular complexity index is 298. The minimum Gasteiger partial charge on any atom is -0.494 e. The summed E-state index contributed by atoms with van der Waals surface area (Å²) in [5, 5.41) is 3.46. The van der Waals surface area contributed by atoms with Gasteiger partial charge in [0.25, 0.3) is 0 Å². The average Bonchev–Trinajstić information content (AvgIpc) is 2.53. The Hall–Kier alpha value is -0.660. The van der Waals surface area contributed by atoms with E-state index in [9.17, 15) is 0 Å². The fourth-order valence-electron chi connectivity index (χ4n) is 3.48. The van der Waals surface area contributed by atoms with Gasteiger partial charge in [-0.05, 0) is 19.8 Å². The number of ether oxygens (including phenoxy) is 1. The molecule has 0 saturated carbocycles. The molecule has 1 atom stereocenters. The van der Waals surface area contributed by atoms with Crippen LogP contribution in [0.5, 0.6) is 0 Å². The van der Waals surface area contributed by atoms with Crippen LogP contribution in [0.15, 0.2) is 11.5 Å². The first-order valence-electron chi connectivity index (χ1n) is 9.87. The van der Waals surface area contributed by atoms with E-state index in [-0.39, 0.29) is 0 Å². The maximum atomic E-state index is 5.96. The third-order valence-electron chi connectivity index (χ3n) is 4.78. The van der Waals surface area contributed by atoms with Crippen molar-refractivity contribution >= 4 is 0 Å². The third-order valence-corrected chi connectivity index (χ3v) is 4.78. The van der Waals surface area contributed by atoms with Gasteiger partial charge < -0.3 is 10.1 Å². The zero-order chi connectivity index (χ0) is 16.0. The van der Waals surface area contributed by atoms with Crippen molar-refractivity contribution in [3.05, 3.63) is 11.5 Å². The maximum absolute atomic E-state index is 5.96. The monoisotopic (exact) mass is 309 g/mol. The van der Waals surface area contributed by atoms with Crippen LogP contribution >= 0.6 is 0 Å². The fourth-order valence-corrected chi connectivity index (χ4v) is 3.48. The van der Waals surface area contributed by atoms with Crippen LogP contribution in [0.3, 0.4) is 0 Å². The van der Waals surface area contributed by atoms with E-state index >= 15 is 0 Å². The summed E-state index contributed by atoms with van der Waals surface area (Å²) in [4.78, 5) is 0. The Labute approximate surface area is 139 Å². The van der Waals surface area contributed by atoms with Crippen LogP contribution in [0.4, 0.5) is 0 Å². The molecule has 22 heavy (non-hydrogen) atoms. The van der Waals surface area contributed by atoms with Gasteiger partial charge in [0.2, 0.25) is 0 Å². The van der Waals surface area contributed by atoms with E-state index in [1.165, 1.54) is 88.5 Å². The molecule has 2 heteroatoms. The highest BCUT2D eigenvalue weighted by atomic mass is 16.5. The SMILES string of the molecule is CCCCCCCCCCCC(CCC)C1=C(C)NCCO1. The second kappa shape index (κ2) is 12.8. The van der Waals surface area contributed by atoms with E-state index in [0.29, 0.717) is 5.92 Å². The van der Waals surface area contributed by atoms with E-state index in [4.69, 9.17) is 4.74 Å². The van der Waals surface area contributed by atoms with Crippen LogP contribution in [0.25, 0.3) is 0 Å². The summed E-state index contributed by atoms with van der Waals surface area (Å²) in [6.07, 6.45) is 16.5. The van der Waals surface area contributed by atoms with E-state index in [0.717, 1.165) is 13.2 Å². The first-order chi connectivity index (χ1) is 10.8. The average molecular weight is 310 g/mol. The number of nitrogens with one attached hydrogen (secondary N) is 1. The second-order valence-electron chi connectivity index (χ2n) is 6.87. The second-order valence-corrected chi connectivity index (χ2v) is 6.87. The summed E-state index contributed by atoms with van der Waals surface area (Å²) >= 11 is 0. The minimum absolute atomic E-state index is 0.641. The molecule has 0 aromatic carbocycles. The van der Waals surface area contributed by atoms with Crippen molar-refractivity contribution in [1.82, 2.24) is 5.32 Å². The number of allylic oxidation sites excluding steroid dienone is 2. The molecule has 0 aromatic heterocycles. The molecule has 0 bridgehead atoms. The molecule has 1 unspecified atom stereocenters. The predicted octanol–water partition coefficient (Wildman–Crippen LogP) is 6.17. The highest BCUT2D eigenvalue weighted by Crippen LogP contribution is 2.28. The van der Waals surface area contributed by atoms with Gasteiger partial charge in [0, 0.05) is 18.2 Å². The standard InChI is InChI=1S/C20H39NO/c1-4-6-7-8-9-10-11-12-13-15-19(14-5-2)20-18(3)21-16-17-22-20/h19,21H,4-17H2,1-3H3. The molecule has 0 aromatic rings. The van der Waals surface area contributed by atoms with Gasteiger partial charge in [-0.3, -0.25) is 0 Å². The van der Waals surface area contributed by atoms with E-state index < -0.39 is 0 Å². The topological polar surface area (TPSA) is 21.3 Å². The van der Waals surface area contributed by atoms with Gasteiger partial charge >= 0.3 is 0 Å². The lowest BCUT2D eigenvalue weighted by Gasteiger charge is -2.27. The number of rotatable bonds is 13. The van der Waals surface area contributed by atoms with Crippen molar-refractivity contribution in [2.24, 2.45) is 5.92 Å². The third kappa shape index (κ3) is 8.10. The van der Waals surface area contributed by atoms with Gasteiger partial charge in [-0.1, -0.05) is 78.1 Å². The van der Waals surface area contributed by atoms with Crippen molar-refractivity contribution in [1.29, 1.82) is 0 Å². The molecule has 0 aliphatic carbocycles. The predicted molar refractivity (Wildman–Crippen MR) is 96.9 cm³/mol. The van der Waals surface area contributed by atoms with Crippen molar-refractivity contribution in [2.45, 2.75) is 97.8 Å². The van der Waals surface area contributed by atoms with E-state index in [1.807, 2.05) is 0 Å². The van der Waals surface area contributed by atoms with Gasteiger partial charge in [0.05, 0.1) is 0 Å². The maximum Gasteiger partial charge on any atom is 0.118 e. The van der Waals surface area contributed by atoms with Gasteiger partial charge in [-0.25, -0.2) is 0 Å². The lowest BCUT2D eigenvalue weighted by molar-refractivity contribution is 0.148. The summed E-state index contributed by atoms with van der Waals surface area (Å²) in [7, 11) is 0. The zero-order valence-corrected chi connectivity index (χ0v) is 15.4. The lowest BCUT2D eigenvalue weighted by Crippen LogP contribution is -2.28. The summed E-state index contributed by atoms with van der Waals surface area (Å²) in [5.41, 5.74) is 1.28. The van der Waals surface area contributed by atoms with Crippen molar-refractivity contribution in [2.75, 3.05) is 13.2 Å². The largest absolute Gasteiger partial charge is 0.494 e. The zero-order valence-electron chi connectivity index (χ0n) is 15.4. The summed E-state index contributed by atoms with van der Waals surface area (Å²) in [5.74, 6) is 1.90. The smallest absolute Gasteiger partial charge is 0.118 e. The quantitative estimate of drug-likeness (QED) is 0.410. The van der Waals surface area contributed by atoms with Crippen molar-refractivity contribution in [3.63, 3.8) is 0 Å². The molecule has 1 aliphatic heterocycles. The molecule has 1 aliphatic rings. The van der Waals surface area contributed by atoms with Gasteiger partial charge in [-0.15, -0.1) is 0 Å². The van der Waals surface area contributed by atoms with Crippen LogP contribution in [0.2, 0.25) is 0 Å². The fraction of sp³-hybridized carbons (Fsp3) is 0.900. The molecule has 0 amide bonds. The Balaban J connectivity index is 2.14. The van der Waals surface area contributed by atoms with Gasteiger partial charge in [-0.2, -0.15) is 0 Å². The summed E-state index contributed by atoms with van der Waals surface area (Å²) in [6.45, 7) is 8.55. The molecule has 0 fully saturated rings. The Morgan fingerprint density at radius 1 is 0.864 bits per heavy atom. The normalized spacial score (nSPS) is 16.3. The lowest BCUT2D eigenvalue weighted by atomic mass is 9.92. The molecule has 0 spiro atoms. The minimum atomic E-state index is 0.641. The van der Waals surface area contributed by atoms with Crippen LogP contribution < -0.4 is 5.32 Å². The molecular formula is C20H39NO. The first kappa shape index (κ1) is 19.4. The van der Waals surface area contributed by atoms with Gasteiger partial charge in [0.1, 0.15) is 12.4 Å². The Kier molecular flexibility index (Phi) is 11.3. The molecular weight excluding hydrogens is 270 g/mol. The molecule has 130 valence electrons. The molecule has 1 rings (SSSR count). The van der Waals surface area contributed by atoms with Crippen LogP contribution in [0, 0.1) is 5.92 Å².